The molecule has 1 aliphatic rings. The Balaban J connectivity index is 1.60. The third-order valence-corrected chi connectivity index (χ3v) is 7.66. The van der Waals surface area contributed by atoms with Gasteiger partial charge in [-0.1, -0.05) is 12.1 Å². The molecule has 3 rings (SSSR count). The number of benzene rings is 2. The van der Waals surface area contributed by atoms with Crippen molar-refractivity contribution in [1.82, 2.24) is 9.62 Å². The van der Waals surface area contributed by atoms with Gasteiger partial charge in [-0.15, -0.1) is 11.8 Å². The molecule has 7 nitrogen and oxygen atoms in total. The van der Waals surface area contributed by atoms with Crippen LogP contribution in [-0.2, 0) is 14.8 Å². The second-order valence-electron chi connectivity index (χ2n) is 7.06. The Hall–Kier alpha value is -2.36. The van der Waals surface area contributed by atoms with Gasteiger partial charge < -0.3 is 10.6 Å². The van der Waals surface area contributed by atoms with Crippen molar-refractivity contribution in [3.63, 3.8) is 0 Å². The van der Waals surface area contributed by atoms with E-state index in [9.17, 15) is 18.0 Å². The number of thioether (sulfide) groups is 1. The van der Waals surface area contributed by atoms with E-state index in [0.717, 1.165) is 4.90 Å². The van der Waals surface area contributed by atoms with Crippen molar-refractivity contribution in [3.8, 4) is 0 Å². The van der Waals surface area contributed by atoms with Crippen molar-refractivity contribution in [1.29, 1.82) is 0 Å². The van der Waals surface area contributed by atoms with Gasteiger partial charge in [0.15, 0.2) is 0 Å². The van der Waals surface area contributed by atoms with Crippen molar-refractivity contribution in [2.24, 2.45) is 0 Å². The fourth-order valence-corrected chi connectivity index (χ4v) is 5.46. The molecular formula is C21H25N3O4S2. The van der Waals surface area contributed by atoms with Gasteiger partial charge in [0.25, 0.3) is 5.91 Å². The van der Waals surface area contributed by atoms with Crippen molar-refractivity contribution in [3.05, 3.63) is 54.1 Å². The summed E-state index contributed by atoms with van der Waals surface area (Å²) in [5, 5.41) is 5.65. The van der Waals surface area contributed by atoms with Crippen LogP contribution in [0.2, 0.25) is 0 Å². The number of hydrogen-bond acceptors (Lipinski definition) is 5. The van der Waals surface area contributed by atoms with Gasteiger partial charge in [-0.3, -0.25) is 9.59 Å². The van der Waals surface area contributed by atoms with Gasteiger partial charge in [0.05, 0.1) is 10.5 Å². The lowest BCUT2D eigenvalue weighted by Crippen LogP contribution is -2.46. The molecule has 0 unspecified atom stereocenters. The fourth-order valence-electron chi connectivity index (χ4n) is 3.40. The van der Waals surface area contributed by atoms with Gasteiger partial charge in [-0.25, -0.2) is 8.42 Å². The fraction of sp³-hybridized carbons (Fsp3) is 0.333. The minimum absolute atomic E-state index is 0.0685. The molecule has 2 amide bonds. The number of rotatable bonds is 6. The van der Waals surface area contributed by atoms with E-state index < -0.39 is 10.0 Å². The molecule has 0 aliphatic carbocycles. The predicted octanol–water partition coefficient (Wildman–Crippen LogP) is 2.95. The van der Waals surface area contributed by atoms with Crippen LogP contribution >= 0.6 is 11.8 Å². The van der Waals surface area contributed by atoms with Crippen LogP contribution in [0.4, 0.5) is 5.69 Å². The molecule has 1 heterocycles. The molecule has 0 saturated carbocycles. The summed E-state index contributed by atoms with van der Waals surface area (Å²) < 4.78 is 27.2. The van der Waals surface area contributed by atoms with Gasteiger partial charge >= 0.3 is 0 Å². The largest absolute Gasteiger partial charge is 0.349 e. The Morgan fingerprint density at radius 2 is 1.67 bits per heavy atom. The van der Waals surface area contributed by atoms with E-state index in [1.54, 1.807) is 18.2 Å². The first-order chi connectivity index (χ1) is 14.3. The standard InChI is InChI=1S/C21H25N3O4S2/c1-15(25)22-16-7-9-18(10-8-16)30(27,28)24-13-11-17(12-14-24)23-21(26)19-5-3-4-6-20(19)29-2/h3-10,17H,11-14H2,1-2H3,(H,22,25)(H,23,26). The molecule has 0 spiro atoms. The van der Waals surface area contributed by atoms with Crippen LogP contribution in [0.3, 0.4) is 0 Å². The van der Waals surface area contributed by atoms with Crippen LogP contribution in [0, 0.1) is 0 Å². The number of carbonyl (C=O) groups excluding carboxylic acids is 2. The first-order valence-electron chi connectivity index (χ1n) is 9.63. The second kappa shape index (κ2) is 9.63. The summed E-state index contributed by atoms with van der Waals surface area (Å²) in [5.41, 5.74) is 1.19. The van der Waals surface area contributed by atoms with E-state index in [4.69, 9.17) is 0 Å². The zero-order valence-corrected chi connectivity index (χ0v) is 18.6. The van der Waals surface area contributed by atoms with Crippen LogP contribution < -0.4 is 10.6 Å². The minimum atomic E-state index is -3.62. The van der Waals surface area contributed by atoms with Crippen LogP contribution in [0.25, 0.3) is 0 Å². The summed E-state index contributed by atoms with van der Waals surface area (Å²) >= 11 is 1.52. The van der Waals surface area contributed by atoms with Crippen LogP contribution in [0.5, 0.6) is 0 Å². The molecule has 0 atom stereocenters. The number of carbonyl (C=O) groups is 2. The highest BCUT2D eigenvalue weighted by Crippen LogP contribution is 2.24. The lowest BCUT2D eigenvalue weighted by molar-refractivity contribution is -0.114. The average Bonchev–Trinajstić information content (AvgIpc) is 2.74. The van der Waals surface area contributed by atoms with Gasteiger partial charge in [-0.05, 0) is 55.5 Å². The number of nitrogens with one attached hydrogen (secondary N) is 2. The van der Waals surface area contributed by atoms with E-state index in [0.29, 0.717) is 37.2 Å². The Morgan fingerprint density at radius 3 is 2.27 bits per heavy atom. The predicted molar refractivity (Wildman–Crippen MR) is 118 cm³/mol. The molecule has 1 saturated heterocycles. The first kappa shape index (κ1) is 22.3. The molecule has 2 aromatic rings. The monoisotopic (exact) mass is 447 g/mol. The molecule has 2 N–H and O–H groups in total. The van der Waals surface area contributed by atoms with Gasteiger partial charge in [0.2, 0.25) is 15.9 Å². The number of sulfonamides is 1. The summed E-state index contributed by atoms with van der Waals surface area (Å²) in [6.07, 6.45) is 3.03. The third-order valence-electron chi connectivity index (χ3n) is 4.95. The highest BCUT2D eigenvalue weighted by atomic mass is 32.2. The van der Waals surface area contributed by atoms with E-state index >= 15 is 0 Å². The molecule has 0 radical (unpaired) electrons. The Bertz CT molecular complexity index is 1010. The van der Waals surface area contributed by atoms with Crippen molar-refractivity contribution in [2.75, 3.05) is 24.7 Å². The number of amides is 2. The zero-order chi connectivity index (χ0) is 21.7. The van der Waals surface area contributed by atoms with E-state index in [-0.39, 0.29) is 22.8 Å². The van der Waals surface area contributed by atoms with E-state index in [2.05, 4.69) is 10.6 Å². The Labute approximate surface area is 181 Å². The summed E-state index contributed by atoms with van der Waals surface area (Å²) in [5.74, 6) is -0.343. The summed E-state index contributed by atoms with van der Waals surface area (Å²) in [4.78, 5) is 24.8. The van der Waals surface area contributed by atoms with Gasteiger partial charge in [0.1, 0.15) is 0 Å². The van der Waals surface area contributed by atoms with Gasteiger partial charge in [0, 0.05) is 36.6 Å². The smallest absolute Gasteiger partial charge is 0.252 e. The number of anilines is 1. The molecule has 0 aromatic heterocycles. The first-order valence-corrected chi connectivity index (χ1v) is 12.3. The maximum Gasteiger partial charge on any atom is 0.252 e. The average molecular weight is 448 g/mol. The quantitative estimate of drug-likeness (QED) is 0.664. The number of nitrogens with zero attached hydrogens (tertiary/aromatic N) is 1. The lowest BCUT2D eigenvalue weighted by Gasteiger charge is -2.31. The summed E-state index contributed by atoms with van der Waals surface area (Å²) in [7, 11) is -3.62. The number of piperidine rings is 1. The number of hydrogen-bond donors (Lipinski definition) is 2. The molecule has 1 aliphatic heterocycles. The summed E-state index contributed by atoms with van der Waals surface area (Å²) in [6.45, 7) is 2.07. The van der Waals surface area contributed by atoms with Crippen LogP contribution in [0.1, 0.15) is 30.1 Å². The van der Waals surface area contributed by atoms with Crippen molar-refractivity contribution >= 4 is 39.3 Å². The SMILES string of the molecule is CSc1ccccc1C(=O)NC1CCN(S(=O)(=O)c2ccc(NC(C)=O)cc2)CC1. The van der Waals surface area contributed by atoms with Gasteiger partial charge in [-0.2, -0.15) is 4.31 Å². The molecule has 1 fully saturated rings. The molecule has 2 aromatic carbocycles. The Kier molecular flexibility index (Phi) is 7.17. The maximum absolute atomic E-state index is 12.9. The molecule has 9 heteroatoms. The highest BCUT2D eigenvalue weighted by molar-refractivity contribution is 7.98. The molecule has 0 bridgehead atoms. The van der Waals surface area contributed by atoms with Crippen molar-refractivity contribution in [2.45, 2.75) is 35.6 Å². The zero-order valence-electron chi connectivity index (χ0n) is 16.9. The minimum Gasteiger partial charge on any atom is -0.349 e. The van der Waals surface area contributed by atoms with Crippen LogP contribution in [-0.4, -0.2) is 49.9 Å². The second-order valence-corrected chi connectivity index (χ2v) is 9.84. The Morgan fingerprint density at radius 1 is 1.03 bits per heavy atom. The lowest BCUT2D eigenvalue weighted by atomic mass is 10.1. The topological polar surface area (TPSA) is 95.6 Å². The molecular weight excluding hydrogens is 422 g/mol. The third kappa shape index (κ3) is 5.21. The van der Waals surface area contributed by atoms with E-state index in [1.807, 2.05) is 24.5 Å². The maximum atomic E-state index is 12.9. The van der Waals surface area contributed by atoms with Crippen molar-refractivity contribution < 1.29 is 18.0 Å². The highest BCUT2D eigenvalue weighted by Gasteiger charge is 2.30. The molecule has 160 valence electrons. The summed E-state index contributed by atoms with van der Waals surface area (Å²) in [6, 6.07) is 13.5. The normalized spacial score (nSPS) is 15.5. The van der Waals surface area contributed by atoms with E-state index in [1.165, 1.54) is 35.1 Å². The molecule has 30 heavy (non-hydrogen) atoms. The van der Waals surface area contributed by atoms with Crippen LogP contribution in [0.15, 0.2) is 58.3 Å².